The molecule has 3 aliphatic heterocycles. The Morgan fingerprint density at radius 3 is 2.31 bits per heavy atom. The molecular formula is C36H50N4O5. The monoisotopic (exact) mass is 618 g/mol. The molecule has 1 aromatic rings. The summed E-state index contributed by atoms with van der Waals surface area (Å²) in [5, 5.41) is 10.8. The van der Waals surface area contributed by atoms with Crippen LogP contribution in [0.25, 0.3) is 0 Å². The maximum absolute atomic E-state index is 10.8. The number of likely N-dealkylation sites (N-methyl/N-ethyl adjacent to an activating group) is 1. The third-order valence-electron chi connectivity index (χ3n) is 10.0. The van der Waals surface area contributed by atoms with E-state index in [9.17, 15) is 5.26 Å². The van der Waals surface area contributed by atoms with Crippen molar-refractivity contribution in [1.82, 2.24) is 9.80 Å². The summed E-state index contributed by atoms with van der Waals surface area (Å²) >= 11 is 0. The van der Waals surface area contributed by atoms with Crippen LogP contribution in [0.2, 0.25) is 0 Å². The first-order valence-corrected chi connectivity index (χ1v) is 16.1. The van der Waals surface area contributed by atoms with Crippen LogP contribution in [0, 0.1) is 36.0 Å². The molecule has 45 heavy (non-hydrogen) atoms. The minimum absolute atomic E-state index is 0.0270. The average molecular weight is 619 g/mol. The smallest absolute Gasteiger partial charge is 0.166 e. The number of benzene rings is 1. The lowest BCUT2D eigenvalue weighted by molar-refractivity contribution is -0.118. The molecular weight excluding hydrogens is 568 g/mol. The Kier molecular flexibility index (Phi) is 9.88. The highest BCUT2D eigenvalue weighted by Gasteiger charge is 2.60. The SMILES string of the molecule is C=CCOC1=C(C)C(OC)=C(OCC=C)C2C1CC1[C@H]3c4c(cc(C)c(OC)c4OCC(C)C)C[C@@H]([C@H](C#N)N1[C@H]2CN)N3C. The lowest BCUT2D eigenvalue weighted by Gasteiger charge is -2.62. The highest BCUT2D eigenvalue weighted by molar-refractivity contribution is 5.59. The number of piperidine rings is 1. The minimum atomic E-state index is -0.377. The fraction of sp³-hybridized carbons (Fsp3) is 0.583. The molecule has 0 radical (unpaired) electrons. The summed E-state index contributed by atoms with van der Waals surface area (Å²) in [5.41, 5.74) is 11.0. The van der Waals surface area contributed by atoms with Crippen molar-refractivity contribution in [2.45, 2.75) is 70.7 Å². The second-order valence-corrected chi connectivity index (χ2v) is 13.1. The van der Waals surface area contributed by atoms with Gasteiger partial charge in [0, 0.05) is 47.6 Å². The molecule has 1 aliphatic carbocycles. The fourth-order valence-corrected chi connectivity index (χ4v) is 8.40. The van der Waals surface area contributed by atoms with E-state index in [0.717, 1.165) is 52.6 Å². The van der Waals surface area contributed by atoms with Gasteiger partial charge in [0.15, 0.2) is 17.3 Å². The molecule has 3 unspecified atom stereocenters. The van der Waals surface area contributed by atoms with E-state index in [4.69, 9.17) is 29.4 Å². The number of nitrogens with two attached hydrogens (primary N) is 1. The van der Waals surface area contributed by atoms with Gasteiger partial charge in [0.1, 0.15) is 30.8 Å². The lowest BCUT2D eigenvalue weighted by atomic mass is 9.65. The van der Waals surface area contributed by atoms with Gasteiger partial charge in [-0.2, -0.15) is 5.26 Å². The topological polar surface area (TPSA) is 102 Å². The number of methoxy groups -OCH3 is 2. The van der Waals surface area contributed by atoms with Crippen molar-refractivity contribution >= 4 is 0 Å². The van der Waals surface area contributed by atoms with Gasteiger partial charge in [0.05, 0.1) is 32.9 Å². The maximum Gasteiger partial charge on any atom is 0.166 e. The third-order valence-corrected chi connectivity index (χ3v) is 10.0. The van der Waals surface area contributed by atoms with E-state index < -0.39 is 0 Å². The minimum Gasteiger partial charge on any atom is -0.493 e. The molecule has 2 fully saturated rings. The summed E-state index contributed by atoms with van der Waals surface area (Å²) in [6, 6.07) is 4.24. The number of aryl methyl sites for hydroxylation is 1. The fourth-order valence-electron chi connectivity index (χ4n) is 8.40. The van der Waals surface area contributed by atoms with E-state index in [1.807, 2.05) is 6.92 Å². The maximum atomic E-state index is 10.8. The number of piperazine rings is 1. The van der Waals surface area contributed by atoms with Crippen LogP contribution in [0.5, 0.6) is 11.5 Å². The van der Waals surface area contributed by atoms with E-state index in [2.05, 4.69) is 62.9 Å². The highest BCUT2D eigenvalue weighted by Crippen LogP contribution is 2.57. The molecule has 1 aromatic carbocycles. The molecule has 2 saturated heterocycles. The first kappa shape index (κ1) is 32.9. The second kappa shape index (κ2) is 13.5. The van der Waals surface area contributed by atoms with E-state index in [0.29, 0.717) is 38.0 Å². The molecule has 2 bridgehead atoms. The molecule has 0 saturated carbocycles. The largest absolute Gasteiger partial charge is 0.493 e. The van der Waals surface area contributed by atoms with Crippen molar-refractivity contribution in [1.29, 1.82) is 5.26 Å². The van der Waals surface area contributed by atoms with Gasteiger partial charge in [-0.1, -0.05) is 45.2 Å². The summed E-state index contributed by atoms with van der Waals surface area (Å²) in [6.45, 7) is 17.8. The van der Waals surface area contributed by atoms with Gasteiger partial charge in [-0.25, -0.2) is 0 Å². The Labute approximate surface area is 268 Å². The quantitative estimate of drug-likeness (QED) is 0.323. The van der Waals surface area contributed by atoms with Crippen LogP contribution in [0.3, 0.4) is 0 Å². The first-order valence-electron chi connectivity index (χ1n) is 16.1. The van der Waals surface area contributed by atoms with Crippen molar-refractivity contribution < 1.29 is 23.7 Å². The molecule has 0 amide bonds. The highest BCUT2D eigenvalue weighted by atomic mass is 16.5. The van der Waals surface area contributed by atoms with Gasteiger partial charge in [-0.05, 0) is 50.8 Å². The number of allylic oxidation sites excluding steroid dienone is 2. The Morgan fingerprint density at radius 2 is 1.73 bits per heavy atom. The molecule has 4 aliphatic rings. The number of rotatable bonds is 12. The Bertz CT molecular complexity index is 1410. The average Bonchev–Trinajstić information content (AvgIpc) is 3.01. The zero-order valence-corrected chi connectivity index (χ0v) is 28.0. The molecule has 5 rings (SSSR count). The molecule has 7 atom stereocenters. The van der Waals surface area contributed by atoms with Crippen LogP contribution >= 0.6 is 0 Å². The molecule has 3 heterocycles. The van der Waals surface area contributed by atoms with Gasteiger partial charge in [-0.15, -0.1) is 0 Å². The van der Waals surface area contributed by atoms with Crippen molar-refractivity contribution in [3.63, 3.8) is 0 Å². The second-order valence-electron chi connectivity index (χ2n) is 13.1. The van der Waals surface area contributed by atoms with E-state index in [-0.39, 0.29) is 42.0 Å². The predicted molar refractivity (Wildman–Crippen MR) is 175 cm³/mol. The number of fused-ring (bicyclic) bond motifs is 7. The molecule has 0 spiro atoms. The number of hydrogen-bond acceptors (Lipinski definition) is 9. The van der Waals surface area contributed by atoms with Crippen molar-refractivity contribution in [3.05, 3.63) is 70.9 Å². The summed E-state index contributed by atoms with van der Waals surface area (Å²) < 4.78 is 31.5. The number of nitrogens with zero attached hydrogens (tertiary/aromatic N) is 3. The van der Waals surface area contributed by atoms with Crippen LogP contribution in [0.4, 0.5) is 0 Å². The van der Waals surface area contributed by atoms with Crippen LogP contribution in [0.1, 0.15) is 49.9 Å². The van der Waals surface area contributed by atoms with Gasteiger partial charge in [0.25, 0.3) is 0 Å². The van der Waals surface area contributed by atoms with Crippen LogP contribution < -0.4 is 15.2 Å². The van der Waals surface area contributed by atoms with Crippen molar-refractivity contribution in [2.24, 2.45) is 23.5 Å². The number of nitriles is 1. The Balaban J connectivity index is 1.73. The molecule has 0 aromatic heterocycles. The summed E-state index contributed by atoms with van der Waals surface area (Å²) in [7, 11) is 5.53. The van der Waals surface area contributed by atoms with E-state index in [1.165, 1.54) is 5.56 Å². The van der Waals surface area contributed by atoms with Gasteiger partial charge in [0.2, 0.25) is 0 Å². The third kappa shape index (κ3) is 5.41. The number of ether oxygens (including phenoxy) is 5. The molecule has 2 N–H and O–H groups in total. The summed E-state index contributed by atoms with van der Waals surface area (Å²) in [6.07, 6.45) is 4.95. The standard InChI is InChI=1S/C36H50N4O5/c1-10-12-43-33-22(6)34(42-9)36(44-13-11-2)30-24(33)16-26-31-29-23(14-21(5)32(41-8)35(29)45-19-20(3)4)15-25(39(31)7)27(17-37)40(26)28(30)18-38/h10-11,14,20,24-28,30-31H,1-2,12-13,15-16,18-19,38H2,3-9H3/t24?,25-,26?,27-,28-,30?,31-/m0/s1. The van der Waals surface area contributed by atoms with Gasteiger partial charge < -0.3 is 29.4 Å². The normalized spacial score (nSPS) is 29.3. The molecule has 244 valence electrons. The van der Waals surface area contributed by atoms with Crippen LogP contribution in [0.15, 0.2) is 54.2 Å². The molecule has 9 heteroatoms. The van der Waals surface area contributed by atoms with Crippen molar-refractivity contribution in [2.75, 3.05) is 47.6 Å². The van der Waals surface area contributed by atoms with Gasteiger partial charge >= 0.3 is 0 Å². The Morgan fingerprint density at radius 1 is 1.04 bits per heavy atom. The molecule has 9 nitrogen and oxygen atoms in total. The summed E-state index contributed by atoms with van der Waals surface area (Å²) in [4.78, 5) is 4.80. The van der Waals surface area contributed by atoms with Gasteiger partial charge in [-0.3, -0.25) is 9.80 Å². The lowest BCUT2D eigenvalue weighted by Crippen LogP contribution is -2.73. The van der Waals surface area contributed by atoms with E-state index >= 15 is 0 Å². The predicted octanol–water partition coefficient (Wildman–Crippen LogP) is 5.03. The Hall–Kier alpha value is -3.45. The van der Waals surface area contributed by atoms with Crippen LogP contribution in [-0.2, 0) is 20.6 Å². The number of hydrogen-bond donors (Lipinski definition) is 1. The van der Waals surface area contributed by atoms with E-state index in [1.54, 1.807) is 26.4 Å². The summed E-state index contributed by atoms with van der Waals surface area (Å²) in [5.74, 6) is 3.98. The van der Waals surface area contributed by atoms with Crippen LogP contribution in [-0.4, -0.2) is 81.6 Å². The first-order chi connectivity index (χ1) is 21.7. The zero-order valence-electron chi connectivity index (χ0n) is 28.0. The zero-order chi connectivity index (χ0) is 32.6. The van der Waals surface area contributed by atoms with Crippen molar-refractivity contribution in [3.8, 4) is 17.6 Å².